The van der Waals surface area contributed by atoms with Gasteiger partial charge in [-0.2, -0.15) is 0 Å². The fourth-order valence-electron chi connectivity index (χ4n) is 9.64. The van der Waals surface area contributed by atoms with Gasteiger partial charge in [-0.1, -0.05) is 65.7 Å². The summed E-state index contributed by atoms with van der Waals surface area (Å²) in [5, 5.41) is 0. The third-order valence-electron chi connectivity index (χ3n) is 12.0. The average molecular weight is 775 g/mol. The molecule has 2 nitrogen and oxygen atoms in total. The maximum atomic E-state index is 7.22. The van der Waals surface area contributed by atoms with Crippen LogP contribution in [0.1, 0.15) is 178 Å². The molecule has 46 heavy (non-hydrogen) atoms. The van der Waals surface area contributed by atoms with Gasteiger partial charge in [0.25, 0.3) is 0 Å². The molecular weight excluding hydrogens is 711 g/mol. The van der Waals surface area contributed by atoms with Crippen molar-refractivity contribution in [2.24, 2.45) is 0 Å². The van der Waals surface area contributed by atoms with E-state index in [-0.39, 0.29) is 0 Å². The molecule has 5 aliphatic rings. The predicted octanol–water partition coefficient (Wildman–Crippen LogP) is 13.6. The predicted molar refractivity (Wildman–Crippen MR) is 201 cm³/mol. The number of hydrogen-bond donors (Lipinski definition) is 0. The molecule has 5 saturated carbocycles. The minimum atomic E-state index is -3.17. The molecule has 0 radical (unpaired) electrons. The number of imidazole rings is 1. The van der Waals surface area contributed by atoms with Gasteiger partial charge < -0.3 is 0 Å². The van der Waals surface area contributed by atoms with Crippen molar-refractivity contribution in [2.75, 3.05) is 0 Å². The van der Waals surface area contributed by atoms with Crippen molar-refractivity contribution in [1.29, 1.82) is 0 Å². The monoisotopic (exact) mass is 774 g/mol. The number of hydrogen-bond acceptors (Lipinski definition) is 0. The zero-order chi connectivity index (χ0) is 31.6. The van der Waals surface area contributed by atoms with E-state index in [1.165, 1.54) is 104 Å². The van der Waals surface area contributed by atoms with Gasteiger partial charge in [0.15, 0.2) is 0 Å². The Morgan fingerprint density at radius 3 is 1.22 bits per heavy atom. The van der Waals surface area contributed by atoms with Gasteiger partial charge in [-0.15, -0.1) is 0 Å². The molecule has 0 spiro atoms. The molecule has 0 N–H and O–H groups in total. The first kappa shape index (κ1) is 35.7. The van der Waals surface area contributed by atoms with E-state index in [1.54, 1.807) is 77.0 Å². The number of aromatic nitrogens is 2. The molecule has 6 heteroatoms. The molecule has 1 heterocycles. The molecule has 2 aromatic rings. The molecule has 0 unspecified atom stereocenters. The maximum absolute atomic E-state index is 7.22. The summed E-state index contributed by atoms with van der Waals surface area (Å²) in [7, 11) is 14.8. The minimum absolute atomic E-state index is 0.385. The van der Waals surface area contributed by atoms with Crippen LogP contribution in [0.15, 0.2) is 42.7 Å². The van der Waals surface area contributed by atoms with Crippen LogP contribution in [0.2, 0.25) is 0 Å². The van der Waals surface area contributed by atoms with E-state index < -0.39 is 11.9 Å². The molecule has 0 atom stereocenters. The zero-order valence-corrected chi connectivity index (χ0v) is 32.8. The molecule has 0 saturated heterocycles. The van der Waals surface area contributed by atoms with Crippen LogP contribution in [0.5, 0.6) is 0 Å². The summed E-state index contributed by atoms with van der Waals surface area (Å²) in [5.41, 5.74) is 4.71. The second kappa shape index (κ2) is 18.3. The summed E-state index contributed by atoms with van der Waals surface area (Å²) >= 11 is -3.17. The first-order valence-electron chi connectivity index (χ1n) is 19.5. The van der Waals surface area contributed by atoms with Gasteiger partial charge in [-0.25, -0.2) is 0 Å². The van der Waals surface area contributed by atoms with Crippen LogP contribution < -0.4 is 0 Å². The molecule has 5 aliphatic carbocycles. The fraction of sp³-hybridized carbons (Fsp3) is 0.750. The van der Waals surface area contributed by atoms with Crippen molar-refractivity contribution in [3.05, 3.63) is 52.3 Å². The summed E-state index contributed by atoms with van der Waals surface area (Å²) < 4.78 is 8.34. The van der Waals surface area contributed by atoms with Gasteiger partial charge >= 0.3 is 174 Å². The number of nitrogens with zero attached hydrogens (tertiary/aromatic N) is 2. The third-order valence-corrected chi connectivity index (χ3v) is 21.5. The Balaban J connectivity index is 0.000000172. The van der Waals surface area contributed by atoms with Crippen LogP contribution in [0.25, 0.3) is 0 Å². The Morgan fingerprint density at radius 2 is 0.848 bits per heavy atom. The summed E-state index contributed by atoms with van der Waals surface area (Å²) in [6, 6.07) is 11.5. The summed E-state index contributed by atoms with van der Waals surface area (Å²) in [5.74, 6) is 0. The first-order valence-corrected chi connectivity index (χ1v) is 27.4. The Kier molecular flexibility index (Phi) is 14.2. The van der Waals surface area contributed by atoms with E-state index in [9.17, 15) is 0 Å². The topological polar surface area (TPSA) is 9.86 Å². The van der Waals surface area contributed by atoms with Gasteiger partial charge in [0.05, 0.1) is 0 Å². The van der Waals surface area contributed by atoms with Crippen LogP contribution in [0.4, 0.5) is 0 Å². The molecule has 1 aromatic carbocycles. The van der Waals surface area contributed by atoms with Crippen molar-refractivity contribution >= 4 is 31.9 Å². The molecule has 0 aliphatic heterocycles. The molecule has 5 fully saturated rings. The summed E-state index contributed by atoms with van der Waals surface area (Å²) in [6.45, 7) is 0. The molecule has 260 valence electrons. The van der Waals surface area contributed by atoms with Gasteiger partial charge in [-0.05, 0) is 55.5 Å². The Hall–Kier alpha value is -0.0666. The fourth-order valence-corrected chi connectivity index (χ4v) is 20.4. The van der Waals surface area contributed by atoms with E-state index in [0.717, 1.165) is 5.56 Å². The molecule has 0 bridgehead atoms. The quantitative estimate of drug-likeness (QED) is 0.204. The normalized spacial score (nSPS) is 24.0. The zero-order valence-electron chi connectivity index (χ0n) is 28.6. The summed E-state index contributed by atoms with van der Waals surface area (Å²) in [6.07, 6.45) is 41.2. The Labute approximate surface area is 293 Å². The van der Waals surface area contributed by atoms with E-state index in [1.807, 2.05) is 6.07 Å². The molecular formula is C40H63Cl2N2PRu. The molecule has 7 rings (SSSR count). The average Bonchev–Trinajstić information content (AvgIpc) is 3.58. The van der Waals surface area contributed by atoms with E-state index >= 15 is 0 Å². The molecule has 1 aromatic heterocycles. The van der Waals surface area contributed by atoms with Crippen LogP contribution >= 0.6 is 27.3 Å². The van der Waals surface area contributed by atoms with E-state index in [0.29, 0.717) is 20.0 Å². The van der Waals surface area contributed by atoms with Gasteiger partial charge in [0.2, 0.25) is 0 Å². The Morgan fingerprint density at radius 1 is 0.500 bits per heavy atom. The third kappa shape index (κ3) is 9.58. The molecule has 0 amide bonds. The van der Waals surface area contributed by atoms with Gasteiger partial charge in [0.1, 0.15) is 0 Å². The first-order chi connectivity index (χ1) is 22.6. The van der Waals surface area contributed by atoms with E-state index in [4.69, 9.17) is 19.4 Å². The van der Waals surface area contributed by atoms with E-state index in [2.05, 4.69) is 50.4 Å². The van der Waals surface area contributed by atoms with Gasteiger partial charge in [-0.3, -0.25) is 0 Å². The SMILES string of the molecule is C1CCC(P(C2CCCCC2)C2CCCCC2)CC1.[Cl][Ru]([Cl])(=[CH]c1ccccc1)=[c]1n(C2CCCCC2)ccn1C1CCCCC1. The van der Waals surface area contributed by atoms with Crippen LogP contribution in [0.3, 0.4) is 0 Å². The van der Waals surface area contributed by atoms with Crippen molar-refractivity contribution < 1.29 is 11.9 Å². The summed E-state index contributed by atoms with van der Waals surface area (Å²) in [4.78, 5) is 0. The second-order valence-corrected chi connectivity index (χ2v) is 27.6. The van der Waals surface area contributed by atoms with Crippen LogP contribution in [0, 0.1) is 4.01 Å². The van der Waals surface area contributed by atoms with Crippen LogP contribution in [-0.2, 0) is 11.9 Å². The van der Waals surface area contributed by atoms with Crippen molar-refractivity contribution in [3.63, 3.8) is 0 Å². The number of benzene rings is 1. The second-order valence-electron chi connectivity index (χ2n) is 15.2. The standard InChI is InChI=1S/C18H33P.C15H24N2.C7H6.2ClH.Ru/c1-4-10-16(11-5-1)19(17-12-6-2-7-13-17)18-14-8-3-9-15-18;1-3-7-14(8-4-1)16-11-12-17(13-16)15-9-5-2-6-10-15;1-7-5-3-2-4-6-7;;;/h16-18H,1-15H2;11-12,14-15H,1-10H2;1-6H;2*1H;/q;;;;;+2/p-2. The Bertz CT molecular complexity index is 1240. The van der Waals surface area contributed by atoms with Crippen LogP contribution in [-0.4, -0.2) is 30.7 Å². The van der Waals surface area contributed by atoms with Gasteiger partial charge in [0, 0.05) is 0 Å². The van der Waals surface area contributed by atoms with Crippen molar-refractivity contribution in [1.82, 2.24) is 9.13 Å². The number of rotatable bonds is 6. The number of halogens is 2. The van der Waals surface area contributed by atoms with Crippen molar-refractivity contribution in [3.8, 4) is 0 Å². The van der Waals surface area contributed by atoms with Crippen molar-refractivity contribution in [2.45, 2.75) is 190 Å².